The van der Waals surface area contributed by atoms with Crippen LogP contribution in [0.25, 0.3) is 0 Å². The van der Waals surface area contributed by atoms with Crippen molar-refractivity contribution < 1.29 is 14.2 Å². The molecule has 1 aromatic heterocycles. The molecule has 0 N–H and O–H groups in total. The number of aromatic nitrogens is 1. The van der Waals surface area contributed by atoms with Crippen LogP contribution in [0.3, 0.4) is 0 Å². The van der Waals surface area contributed by atoms with E-state index in [0.29, 0.717) is 25.4 Å². The first-order valence-electron chi connectivity index (χ1n) is 6.76. The number of ether oxygens (including phenoxy) is 3. The average molecular weight is 284 g/mol. The van der Waals surface area contributed by atoms with Gasteiger partial charge in [0.1, 0.15) is 5.01 Å². The summed E-state index contributed by atoms with van der Waals surface area (Å²) in [4.78, 5) is 7.95. The van der Waals surface area contributed by atoms with Gasteiger partial charge in [0, 0.05) is 19.3 Å². The second-order valence-electron chi connectivity index (χ2n) is 5.18. The molecule has 106 valence electrons. The Labute approximate surface area is 117 Å². The lowest BCUT2D eigenvalue weighted by atomic mass is 10.2. The molecule has 1 aromatic rings. The molecular weight excluding hydrogens is 264 g/mol. The topological polar surface area (TPSA) is 43.8 Å². The zero-order chi connectivity index (χ0) is 13.2. The molecule has 0 aliphatic carbocycles. The van der Waals surface area contributed by atoms with Crippen LogP contribution in [0.1, 0.15) is 30.0 Å². The molecule has 6 heteroatoms. The van der Waals surface area contributed by atoms with Gasteiger partial charge in [-0.25, -0.2) is 4.98 Å². The third-order valence-corrected chi connectivity index (χ3v) is 4.28. The first-order valence-corrected chi connectivity index (χ1v) is 7.58. The van der Waals surface area contributed by atoms with Crippen LogP contribution in [0.15, 0.2) is 6.20 Å². The lowest BCUT2D eigenvalue weighted by Gasteiger charge is -2.34. The molecule has 2 aliphatic heterocycles. The molecule has 0 aromatic carbocycles. The summed E-state index contributed by atoms with van der Waals surface area (Å²) in [6.45, 7) is 8.42. The standard InChI is InChI=1S/C13H20N2O3S/c1-9-6-15(7-10(2)18-9)8-12-14-5-11(19-12)13-16-3-4-17-13/h5,9-10,13H,3-4,6-8H2,1-2H3/t9-,10+. The van der Waals surface area contributed by atoms with Gasteiger partial charge in [0.25, 0.3) is 0 Å². The highest BCUT2D eigenvalue weighted by molar-refractivity contribution is 7.11. The van der Waals surface area contributed by atoms with Crippen molar-refractivity contribution >= 4 is 11.3 Å². The summed E-state index contributed by atoms with van der Waals surface area (Å²) >= 11 is 1.68. The van der Waals surface area contributed by atoms with E-state index in [0.717, 1.165) is 29.5 Å². The maximum absolute atomic E-state index is 5.74. The maximum Gasteiger partial charge on any atom is 0.194 e. The Kier molecular flexibility index (Phi) is 4.14. The molecule has 2 aliphatic rings. The van der Waals surface area contributed by atoms with Gasteiger partial charge in [-0.1, -0.05) is 0 Å². The van der Waals surface area contributed by atoms with Crippen LogP contribution in [-0.2, 0) is 20.8 Å². The minimum Gasteiger partial charge on any atom is -0.373 e. The molecule has 0 amide bonds. The SMILES string of the molecule is C[C@@H]1CN(Cc2ncc(C3OCCO3)s2)C[C@H](C)O1. The zero-order valence-electron chi connectivity index (χ0n) is 11.4. The maximum atomic E-state index is 5.74. The molecule has 0 spiro atoms. The number of thiazole rings is 1. The first-order chi connectivity index (χ1) is 9.20. The largest absolute Gasteiger partial charge is 0.373 e. The average Bonchev–Trinajstić information content (AvgIpc) is 2.96. The van der Waals surface area contributed by atoms with E-state index in [2.05, 4.69) is 23.7 Å². The predicted molar refractivity (Wildman–Crippen MR) is 72.0 cm³/mol. The Morgan fingerprint density at radius 2 is 1.95 bits per heavy atom. The van der Waals surface area contributed by atoms with Crippen molar-refractivity contribution in [3.8, 4) is 0 Å². The van der Waals surface area contributed by atoms with Crippen molar-refractivity contribution in [2.75, 3.05) is 26.3 Å². The van der Waals surface area contributed by atoms with Crippen molar-refractivity contribution in [1.29, 1.82) is 0 Å². The Bertz CT molecular complexity index is 410. The number of morpholine rings is 1. The van der Waals surface area contributed by atoms with Crippen LogP contribution in [0.5, 0.6) is 0 Å². The summed E-state index contributed by atoms with van der Waals surface area (Å²) in [6.07, 6.45) is 2.27. The monoisotopic (exact) mass is 284 g/mol. The molecule has 3 heterocycles. The highest BCUT2D eigenvalue weighted by Crippen LogP contribution is 2.28. The lowest BCUT2D eigenvalue weighted by molar-refractivity contribution is -0.0705. The Balaban J connectivity index is 1.60. The van der Waals surface area contributed by atoms with Gasteiger partial charge in [-0.15, -0.1) is 11.3 Å². The lowest BCUT2D eigenvalue weighted by Crippen LogP contribution is -2.44. The van der Waals surface area contributed by atoms with Gasteiger partial charge < -0.3 is 14.2 Å². The van der Waals surface area contributed by atoms with E-state index in [1.54, 1.807) is 11.3 Å². The fourth-order valence-corrected chi connectivity index (χ4v) is 3.60. The molecule has 2 saturated heterocycles. The van der Waals surface area contributed by atoms with Gasteiger partial charge in [-0.05, 0) is 13.8 Å². The minimum absolute atomic E-state index is 0.200. The molecule has 2 fully saturated rings. The predicted octanol–water partition coefficient (Wildman–Crippen LogP) is 1.80. The molecule has 2 atom stereocenters. The van der Waals surface area contributed by atoms with E-state index < -0.39 is 0 Å². The van der Waals surface area contributed by atoms with Crippen LogP contribution in [0.4, 0.5) is 0 Å². The highest BCUT2D eigenvalue weighted by Gasteiger charge is 2.24. The summed E-state index contributed by atoms with van der Waals surface area (Å²) < 4.78 is 16.7. The van der Waals surface area contributed by atoms with E-state index in [4.69, 9.17) is 14.2 Å². The van der Waals surface area contributed by atoms with Gasteiger partial charge in [0.05, 0.1) is 36.8 Å². The molecule has 0 radical (unpaired) electrons. The second-order valence-corrected chi connectivity index (χ2v) is 6.33. The smallest absolute Gasteiger partial charge is 0.194 e. The Morgan fingerprint density at radius 3 is 2.63 bits per heavy atom. The Morgan fingerprint density at radius 1 is 1.26 bits per heavy atom. The first kappa shape index (κ1) is 13.5. The number of hydrogen-bond donors (Lipinski definition) is 0. The number of hydrogen-bond acceptors (Lipinski definition) is 6. The third kappa shape index (κ3) is 3.32. The number of nitrogens with zero attached hydrogens (tertiary/aromatic N) is 2. The minimum atomic E-state index is -0.200. The van der Waals surface area contributed by atoms with Crippen molar-refractivity contribution in [3.05, 3.63) is 16.1 Å². The summed E-state index contributed by atoms with van der Waals surface area (Å²) in [5.74, 6) is 0. The zero-order valence-corrected chi connectivity index (χ0v) is 12.2. The van der Waals surface area contributed by atoms with Gasteiger partial charge in [-0.3, -0.25) is 4.90 Å². The van der Waals surface area contributed by atoms with Gasteiger partial charge in [0.2, 0.25) is 0 Å². The fraction of sp³-hybridized carbons (Fsp3) is 0.769. The molecule has 0 bridgehead atoms. The quantitative estimate of drug-likeness (QED) is 0.847. The molecule has 0 unspecified atom stereocenters. The normalized spacial score (nSPS) is 30.0. The van der Waals surface area contributed by atoms with Gasteiger partial charge in [-0.2, -0.15) is 0 Å². The summed E-state index contributed by atoms with van der Waals surface area (Å²) in [7, 11) is 0. The van der Waals surface area contributed by atoms with Crippen molar-refractivity contribution in [2.45, 2.75) is 38.9 Å². The number of rotatable bonds is 3. The summed E-state index contributed by atoms with van der Waals surface area (Å²) in [5.41, 5.74) is 0. The highest BCUT2D eigenvalue weighted by atomic mass is 32.1. The van der Waals surface area contributed by atoms with Crippen LogP contribution in [-0.4, -0.2) is 48.4 Å². The van der Waals surface area contributed by atoms with Crippen molar-refractivity contribution in [2.24, 2.45) is 0 Å². The molecular formula is C13H20N2O3S. The van der Waals surface area contributed by atoms with Crippen LogP contribution in [0, 0.1) is 0 Å². The fourth-order valence-electron chi connectivity index (χ4n) is 2.63. The summed E-state index contributed by atoms with van der Waals surface area (Å²) in [5, 5.41) is 1.12. The molecule has 5 nitrogen and oxygen atoms in total. The van der Waals surface area contributed by atoms with Gasteiger partial charge in [0.15, 0.2) is 6.29 Å². The van der Waals surface area contributed by atoms with Gasteiger partial charge >= 0.3 is 0 Å². The van der Waals surface area contributed by atoms with Crippen LogP contribution >= 0.6 is 11.3 Å². The van der Waals surface area contributed by atoms with E-state index in [1.165, 1.54) is 0 Å². The van der Waals surface area contributed by atoms with Crippen LogP contribution in [0.2, 0.25) is 0 Å². The van der Waals surface area contributed by atoms with Crippen molar-refractivity contribution in [1.82, 2.24) is 9.88 Å². The molecule has 0 saturated carbocycles. The Hall–Kier alpha value is -0.530. The third-order valence-electron chi connectivity index (χ3n) is 3.28. The van der Waals surface area contributed by atoms with Crippen LogP contribution < -0.4 is 0 Å². The molecule has 19 heavy (non-hydrogen) atoms. The van der Waals surface area contributed by atoms with E-state index >= 15 is 0 Å². The van der Waals surface area contributed by atoms with E-state index in [-0.39, 0.29) is 6.29 Å². The van der Waals surface area contributed by atoms with Crippen molar-refractivity contribution in [3.63, 3.8) is 0 Å². The summed E-state index contributed by atoms with van der Waals surface area (Å²) in [6, 6.07) is 0. The van der Waals surface area contributed by atoms with E-state index in [1.807, 2.05) is 6.20 Å². The molecule has 3 rings (SSSR count). The van der Waals surface area contributed by atoms with E-state index in [9.17, 15) is 0 Å². The second kappa shape index (κ2) is 5.85.